The van der Waals surface area contributed by atoms with Gasteiger partial charge >= 0.3 is 0 Å². The maximum Gasteiger partial charge on any atom is 0.134 e. The van der Waals surface area contributed by atoms with E-state index in [1.54, 1.807) is 0 Å². The van der Waals surface area contributed by atoms with Crippen molar-refractivity contribution in [1.82, 2.24) is 0 Å². The molecule has 1 atom stereocenters. The van der Waals surface area contributed by atoms with Crippen molar-refractivity contribution in [2.45, 2.75) is 45.4 Å². The summed E-state index contributed by atoms with van der Waals surface area (Å²) in [6.45, 7) is 6.69. The normalized spacial score (nSPS) is 25.9. The Hall–Kier alpha value is -1.63. The number of fused-ring (bicyclic) bond motifs is 1. The summed E-state index contributed by atoms with van der Waals surface area (Å²) < 4.78 is 0. The molecule has 1 unspecified atom stereocenters. The summed E-state index contributed by atoms with van der Waals surface area (Å²) in [6.07, 6.45) is 2.46. The fourth-order valence-electron chi connectivity index (χ4n) is 4.15. The van der Waals surface area contributed by atoms with Crippen molar-refractivity contribution < 1.29 is 4.79 Å². The topological polar surface area (TPSA) is 17.1 Å². The lowest BCUT2D eigenvalue weighted by atomic mass is 9.61. The van der Waals surface area contributed by atoms with E-state index in [1.165, 1.54) is 16.3 Å². The Morgan fingerprint density at radius 1 is 0.900 bits per heavy atom. The molecule has 1 fully saturated rings. The number of Topliss-reactive ketones (excluding diaryl/α,β-unsaturated/α-hetero) is 1. The number of ketones is 1. The molecule has 0 spiro atoms. The first-order valence-corrected chi connectivity index (χ1v) is 7.40. The van der Waals surface area contributed by atoms with Crippen LogP contribution in [0, 0.1) is 5.41 Å². The van der Waals surface area contributed by atoms with E-state index in [2.05, 4.69) is 63.2 Å². The van der Waals surface area contributed by atoms with E-state index in [0.29, 0.717) is 18.6 Å². The van der Waals surface area contributed by atoms with E-state index in [1.807, 2.05) is 0 Å². The molecule has 1 heteroatoms. The highest BCUT2D eigenvalue weighted by atomic mass is 16.1. The number of hydrogen-bond donors (Lipinski definition) is 0. The Kier molecular flexibility index (Phi) is 2.97. The van der Waals surface area contributed by atoms with Crippen LogP contribution in [0.5, 0.6) is 0 Å². The Morgan fingerprint density at radius 2 is 1.60 bits per heavy atom. The SMILES string of the molecule is CC1(C)CC(=O)CC(C)(c2cccc3ccccc23)C1. The monoisotopic (exact) mass is 266 g/mol. The van der Waals surface area contributed by atoms with E-state index in [4.69, 9.17) is 0 Å². The average Bonchev–Trinajstić information content (AvgIpc) is 2.35. The highest BCUT2D eigenvalue weighted by Crippen LogP contribution is 2.47. The van der Waals surface area contributed by atoms with Crippen LogP contribution in [0.2, 0.25) is 0 Å². The van der Waals surface area contributed by atoms with Crippen LogP contribution < -0.4 is 0 Å². The van der Waals surface area contributed by atoms with Gasteiger partial charge in [-0.2, -0.15) is 0 Å². The van der Waals surface area contributed by atoms with Gasteiger partial charge < -0.3 is 0 Å². The average molecular weight is 266 g/mol. The van der Waals surface area contributed by atoms with Gasteiger partial charge in [0.2, 0.25) is 0 Å². The molecule has 0 aliphatic heterocycles. The minimum Gasteiger partial charge on any atom is -0.300 e. The predicted molar refractivity (Wildman–Crippen MR) is 83.9 cm³/mol. The zero-order valence-corrected chi connectivity index (χ0v) is 12.6. The van der Waals surface area contributed by atoms with Crippen LogP contribution in [0.1, 0.15) is 45.6 Å². The molecule has 1 nitrogen and oxygen atoms in total. The largest absolute Gasteiger partial charge is 0.300 e. The molecule has 3 rings (SSSR count). The zero-order chi connectivity index (χ0) is 14.4. The van der Waals surface area contributed by atoms with E-state index in [9.17, 15) is 4.79 Å². The van der Waals surface area contributed by atoms with Gasteiger partial charge in [0.1, 0.15) is 5.78 Å². The number of hydrogen-bond acceptors (Lipinski definition) is 1. The van der Waals surface area contributed by atoms with Crippen LogP contribution in [0.3, 0.4) is 0 Å². The Labute approximate surface area is 121 Å². The van der Waals surface area contributed by atoms with E-state index in [0.717, 1.165) is 6.42 Å². The molecule has 0 N–H and O–H groups in total. The second kappa shape index (κ2) is 4.44. The minimum absolute atomic E-state index is 0.0420. The smallest absolute Gasteiger partial charge is 0.134 e. The predicted octanol–water partition coefficient (Wildman–Crippen LogP) is 4.88. The third-order valence-electron chi connectivity index (χ3n) is 4.57. The second-order valence-electron chi connectivity index (χ2n) is 7.32. The first-order valence-electron chi connectivity index (χ1n) is 7.40. The Morgan fingerprint density at radius 3 is 2.35 bits per heavy atom. The van der Waals surface area contributed by atoms with Gasteiger partial charge in [-0.15, -0.1) is 0 Å². The van der Waals surface area contributed by atoms with Crippen LogP contribution >= 0.6 is 0 Å². The standard InChI is InChI=1S/C19H22O/c1-18(2)11-15(20)12-19(3,13-18)17-10-6-8-14-7-4-5-9-16(14)17/h4-10H,11-13H2,1-3H3. The zero-order valence-electron chi connectivity index (χ0n) is 12.6. The van der Waals surface area contributed by atoms with Gasteiger partial charge in [-0.1, -0.05) is 63.2 Å². The van der Waals surface area contributed by atoms with Crippen LogP contribution in [0.25, 0.3) is 10.8 Å². The highest BCUT2D eigenvalue weighted by molar-refractivity contribution is 5.89. The van der Waals surface area contributed by atoms with Gasteiger partial charge in [-0.05, 0) is 28.2 Å². The molecule has 0 amide bonds. The molecule has 0 aromatic heterocycles. The molecule has 2 aromatic carbocycles. The number of rotatable bonds is 1. The molecule has 1 aliphatic rings. The molecule has 1 aliphatic carbocycles. The molecule has 1 saturated carbocycles. The summed E-state index contributed by atoms with van der Waals surface area (Å²) in [4.78, 5) is 12.2. The van der Waals surface area contributed by atoms with Crippen molar-refractivity contribution in [3.8, 4) is 0 Å². The molecule has 20 heavy (non-hydrogen) atoms. The number of benzene rings is 2. The summed E-state index contributed by atoms with van der Waals surface area (Å²) in [5.41, 5.74) is 1.39. The fraction of sp³-hybridized carbons (Fsp3) is 0.421. The maximum atomic E-state index is 12.2. The highest BCUT2D eigenvalue weighted by Gasteiger charge is 2.42. The molecular weight excluding hydrogens is 244 g/mol. The van der Waals surface area contributed by atoms with Crippen molar-refractivity contribution in [2.24, 2.45) is 5.41 Å². The van der Waals surface area contributed by atoms with Gasteiger partial charge in [0.05, 0.1) is 0 Å². The lowest BCUT2D eigenvalue weighted by Gasteiger charge is -2.42. The molecule has 104 valence electrons. The van der Waals surface area contributed by atoms with Crippen LogP contribution in [-0.4, -0.2) is 5.78 Å². The van der Waals surface area contributed by atoms with Crippen LogP contribution in [0.4, 0.5) is 0 Å². The van der Waals surface area contributed by atoms with Gasteiger partial charge in [0.15, 0.2) is 0 Å². The quantitative estimate of drug-likeness (QED) is 0.719. The Balaban J connectivity index is 2.16. The fourth-order valence-corrected chi connectivity index (χ4v) is 4.15. The number of carbonyl (C=O) groups excluding carboxylic acids is 1. The summed E-state index contributed by atoms with van der Waals surface area (Å²) >= 11 is 0. The van der Waals surface area contributed by atoms with Gasteiger partial charge in [0.25, 0.3) is 0 Å². The van der Waals surface area contributed by atoms with Crippen LogP contribution in [0.15, 0.2) is 42.5 Å². The molecule has 0 radical (unpaired) electrons. The van der Waals surface area contributed by atoms with Gasteiger partial charge in [-0.25, -0.2) is 0 Å². The van der Waals surface area contributed by atoms with Crippen molar-refractivity contribution in [3.05, 3.63) is 48.0 Å². The first-order chi connectivity index (χ1) is 9.40. The van der Waals surface area contributed by atoms with E-state index in [-0.39, 0.29) is 10.8 Å². The van der Waals surface area contributed by atoms with Gasteiger partial charge in [-0.3, -0.25) is 4.79 Å². The lowest BCUT2D eigenvalue weighted by molar-refractivity contribution is -0.125. The van der Waals surface area contributed by atoms with Crippen molar-refractivity contribution >= 4 is 16.6 Å². The van der Waals surface area contributed by atoms with E-state index >= 15 is 0 Å². The molecular formula is C19H22O. The van der Waals surface area contributed by atoms with Crippen molar-refractivity contribution in [3.63, 3.8) is 0 Å². The maximum absolute atomic E-state index is 12.2. The first kappa shape index (κ1) is 13.4. The molecule has 0 bridgehead atoms. The van der Waals surface area contributed by atoms with Crippen molar-refractivity contribution in [2.75, 3.05) is 0 Å². The third-order valence-corrected chi connectivity index (χ3v) is 4.57. The minimum atomic E-state index is -0.0420. The molecule has 2 aromatic rings. The lowest BCUT2D eigenvalue weighted by Crippen LogP contribution is -2.39. The summed E-state index contributed by atoms with van der Waals surface area (Å²) in [7, 11) is 0. The number of carbonyl (C=O) groups is 1. The Bertz CT molecular complexity index is 663. The van der Waals surface area contributed by atoms with E-state index < -0.39 is 0 Å². The van der Waals surface area contributed by atoms with Crippen molar-refractivity contribution in [1.29, 1.82) is 0 Å². The third kappa shape index (κ3) is 2.26. The van der Waals surface area contributed by atoms with Crippen LogP contribution in [-0.2, 0) is 10.2 Å². The molecule has 0 saturated heterocycles. The summed E-state index contributed by atoms with van der Waals surface area (Å²) in [5.74, 6) is 0.400. The molecule has 0 heterocycles. The summed E-state index contributed by atoms with van der Waals surface area (Å²) in [5, 5.41) is 2.56. The summed E-state index contributed by atoms with van der Waals surface area (Å²) in [6, 6.07) is 15.0. The second-order valence-corrected chi connectivity index (χ2v) is 7.32. The van der Waals surface area contributed by atoms with Gasteiger partial charge in [0, 0.05) is 18.3 Å².